The van der Waals surface area contributed by atoms with Crippen molar-refractivity contribution in [2.24, 2.45) is 0 Å². The van der Waals surface area contributed by atoms with Crippen LogP contribution in [0.25, 0.3) is 10.8 Å². The zero-order valence-electron chi connectivity index (χ0n) is 19.0. The molecule has 5 rings (SSSR count). The molecule has 2 N–H and O–H groups in total. The van der Waals surface area contributed by atoms with Crippen molar-refractivity contribution in [3.05, 3.63) is 113 Å². The zero-order chi connectivity index (χ0) is 22.8. The van der Waals surface area contributed by atoms with Crippen LogP contribution in [0.2, 0.25) is 0 Å². The molecule has 1 aliphatic rings. The first-order chi connectivity index (χ1) is 16.1. The van der Waals surface area contributed by atoms with Crippen molar-refractivity contribution in [1.29, 1.82) is 0 Å². The molecule has 0 amide bonds. The third-order valence-corrected chi connectivity index (χ3v) is 6.59. The highest BCUT2D eigenvalue weighted by molar-refractivity contribution is 5.87. The largest absolute Gasteiger partial charge is 0.489 e. The SMILES string of the molecule is CC(NC[C@H]1C[C@@H](c2ccc(C(=O)O)cc2)c2ccccc2O1)c1cccc2ccccc12.Cl. The minimum absolute atomic E-state index is 0. The molecule has 3 atom stereocenters. The van der Waals surface area contributed by atoms with Crippen molar-refractivity contribution in [3.8, 4) is 5.75 Å². The Morgan fingerprint density at radius 3 is 2.47 bits per heavy atom. The van der Waals surface area contributed by atoms with Gasteiger partial charge in [-0.15, -0.1) is 12.4 Å². The third kappa shape index (κ3) is 4.79. The summed E-state index contributed by atoms with van der Waals surface area (Å²) >= 11 is 0. The van der Waals surface area contributed by atoms with Crippen LogP contribution in [0, 0.1) is 0 Å². The number of hydrogen-bond acceptors (Lipinski definition) is 3. The van der Waals surface area contributed by atoms with E-state index in [0.29, 0.717) is 5.56 Å². The number of halogens is 1. The monoisotopic (exact) mass is 473 g/mol. The molecule has 0 radical (unpaired) electrons. The van der Waals surface area contributed by atoms with Gasteiger partial charge in [0.25, 0.3) is 0 Å². The van der Waals surface area contributed by atoms with E-state index in [0.717, 1.165) is 29.8 Å². The van der Waals surface area contributed by atoms with Gasteiger partial charge in [0, 0.05) is 24.1 Å². The number of hydrogen-bond donors (Lipinski definition) is 2. The van der Waals surface area contributed by atoms with Gasteiger partial charge in [0.1, 0.15) is 11.9 Å². The van der Waals surface area contributed by atoms with E-state index in [1.54, 1.807) is 12.1 Å². The van der Waals surface area contributed by atoms with Crippen molar-refractivity contribution < 1.29 is 14.6 Å². The van der Waals surface area contributed by atoms with Crippen LogP contribution in [0.4, 0.5) is 0 Å². The van der Waals surface area contributed by atoms with Gasteiger partial charge in [0.2, 0.25) is 0 Å². The van der Waals surface area contributed by atoms with Crippen molar-refractivity contribution in [3.63, 3.8) is 0 Å². The lowest BCUT2D eigenvalue weighted by Gasteiger charge is -2.33. The second kappa shape index (κ2) is 10.3. The Morgan fingerprint density at radius 2 is 1.68 bits per heavy atom. The number of carboxylic acid groups (broad SMARTS) is 1. The van der Waals surface area contributed by atoms with E-state index in [-0.39, 0.29) is 30.5 Å². The van der Waals surface area contributed by atoms with Gasteiger partial charge in [-0.2, -0.15) is 0 Å². The van der Waals surface area contributed by atoms with Crippen molar-refractivity contribution in [2.75, 3.05) is 6.54 Å². The van der Waals surface area contributed by atoms with Crippen molar-refractivity contribution in [1.82, 2.24) is 5.32 Å². The Labute approximate surface area is 206 Å². The Bertz CT molecular complexity index is 1280. The minimum atomic E-state index is -0.904. The number of ether oxygens (including phenoxy) is 1. The van der Waals surface area contributed by atoms with E-state index in [4.69, 9.17) is 4.74 Å². The maximum Gasteiger partial charge on any atom is 0.335 e. The Balaban J connectivity index is 0.00000274. The minimum Gasteiger partial charge on any atom is -0.489 e. The van der Waals surface area contributed by atoms with Crippen LogP contribution in [-0.4, -0.2) is 23.7 Å². The summed E-state index contributed by atoms with van der Waals surface area (Å²) in [6.45, 7) is 2.92. The second-order valence-electron chi connectivity index (χ2n) is 8.69. The average Bonchev–Trinajstić information content (AvgIpc) is 2.86. The van der Waals surface area contributed by atoms with Crippen LogP contribution in [0.15, 0.2) is 91.0 Å². The van der Waals surface area contributed by atoms with Gasteiger partial charge < -0.3 is 15.2 Å². The fraction of sp³-hybridized carbons (Fsp3) is 0.207. The van der Waals surface area contributed by atoms with Crippen LogP contribution < -0.4 is 10.1 Å². The van der Waals surface area contributed by atoms with Crippen LogP contribution in [-0.2, 0) is 0 Å². The molecule has 0 saturated carbocycles. The van der Waals surface area contributed by atoms with E-state index in [1.807, 2.05) is 30.3 Å². The summed E-state index contributed by atoms with van der Waals surface area (Å²) in [5.41, 5.74) is 3.85. The van der Waals surface area contributed by atoms with Gasteiger partial charge in [0.05, 0.1) is 5.56 Å². The molecule has 0 aliphatic carbocycles. The average molecular weight is 474 g/mol. The number of rotatable bonds is 6. The normalized spacial score (nSPS) is 17.8. The fourth-order valence-electron chi connectivity index (χ4n) is 4.84. The summed E-state index contributed by atoms with van der Waals surface area (Å²) in [7, 11) is 0. The second-order valence-corrected chi connectivity index (χ2v) is 8.69. The molecule has 0 saturated heterocycles. The van der Waals surface area contributed by atoms with E-state index >= 15 is 0 Å². The number of nitrogens with one attached hydrogen (secondary N) is 1. The van der Waals surface area contributed by atoms with Gasteiger partial charge in [-0.1, -0.05) is 72.8 Å². The van der Waals surface area contributed by atoms with Crippen LogP contribution in [0.1, 0.15) is 52.4 Å². The molecule has 5 heteroatoms. The van der Waals surface area contributed by atoms with Gasteiger partial charge in [-0.3, -0.25) is 0 Å². The summed E-state index contributed by atoms with van der Waals surface area (Å²) in [5, 5.41) is 15.4. The molecule has 4 aromatic rings. The maximum absolute atomic E-state index is 11.3. The lowest BCUT2D eigenvalue weighted by molar-refractivity contribution is 0.0697. The molecule has 0 bridgehead atoms. The molecule has 34 heavy (non-hydrogen) atoms. The van der Waals surface area contributed by atoms with Gasteiger partial charge in [-0.05, 0) is 53.4 Å². The summed E-state index contributed by atoms with van der Waals surface area (Å²) in [6, 6.07) is 30.5. The van der Waals surface area contributed by atoms with Crippen LogP contribution in [0.3, 0.4) is 0 Å². The maximum atomic E-state index is 11.3. The Morgan fingerprint density at radius 1 is 0.971 bits per heavy atom. The Hall–Kier alpha value is -3.34. The molecule has 4 aromatic carbocycles. The van der Waals surface area contributed by atoms with Crippen molar-refractivity contribution >= 4 is 29.1 Å². The predicted molar refractivity (Wildman–Crippen MR) is 138 cm³/mol. The summed E-state index contributed by atoms with van der Waals surface area (Å²) in [6.07, 6.45) is 0.847. The highest BCUT2D eigenvalue weighted by Crippen LogP contribution is 2.40. The molecule has 174 valence electrons. The lowest BCUT2D eigenvalue weighted by atomic mass is 9.84. The van der Waals surface area contributed by atoms with E-state index in [1.165, 1.54) is 16.3 Å². The van der Waals surface area contributed by atoms with E-state index in [2.05, 4.69) is 60.8 Å². The van der Waals surface area contributed by atoms with Crippen molar-refractivity contribution in [2.45, 2.75) is 31.4 Å². The van der Waals surface area contributed by atoms with Crippen LogP contribution >= 0.6 is 12.4 Å². The highest BCUT2D eigenvalue weighted by Gasteiger charge is 2.29. The number of benzene rings is 4. The number of para-hydroxylation sites is 1. The van der Waals surface area contributed by atoms with Gasteiger partial charge in [-0.25, -0.2) is 4.79 Å². The summed E-state index contributed by atoms with van der Waals surface area (Å²) in [4.78, 5) is 11.3. The molecule has 0 spiro atoms. The molecular formula is C29H28ClNO3. The molecule has 4 nitrogen and oxygen atoms in total. The Kier molecular flexibility index (Phi) is 7.20. The summed E-state index contributed by atoms with van der Waals surface area (Å²) in [5.74, 6) is 0.163. The highest BCUT2D eigenvalue weighted by atomic mass is 35.5. The molecule has 0 aromatic heterocycles. The summed E-state index contributed by atoms with van der Waals surface area (Å²) < 4.78 is 6.36. The number of aromatic carboxylic acids is 1. The lowest BCUT2D eigenvalue weighted by Crippen LogP contribution is -2.37. The number of fused-ring (bicyclic) bond motifs is 2. The first kappa shape index (κ1) is 23.8. The van der Waals surface area contributed by atoms with Crippen LogP contribution in [0.5, 0.6) is 5.75 Å². The standard InChI is InChI=1S/C29H27NO3.ClH/c1-19(24-11-6-8-20-7-2-3-9-25(20)24)30-18-23-17-27(26-10-4-5-12-28(26)33-23)21-13-15-22(16-14-21)29(31)32;/h2-16,19,23,27,30H,17-18H2,1H3,(H,31,32);1H/t19?,23-,27+;/m1./s1. The molecule has 0 fully saturated rings. The number of carboxylic acids is 1. The van der Waals surface area contributed by atoms with Gasteiger partial charge in [0.15, 0.2) is 0 Å². The van der Waals surface area contributed by atoms with E-state index in [9.17, 15) is 9.90 Å². The van der Waals surface area contributed by atoms with Gasteiger partial charge >= 0.3 is 5.97 Å². The molecule has 1 unspecified atom stereocenters. The molecule has 1 aliphatic heterocycles. The first-order valence-corrected chi connectivity index (χ1v) is 11.4. The molecular weight excluding hydrogens is 446 g/mol. The predicted octanol–water partition coefficient (Wildman–Crippen LogP) is 6.59. The quantitative estimate of drug-likeness (QED) is 0.331. The first-order valence-electron chi connectivity index (χ1n) is 11.4. The smallest absolute Gasteiger partial charge is 0.335 e. The van der Waals surface area contributed by atoms with E-state index < -0.39 is 5.97 Å². The third-order valence-electron chi connectivity index (χ3n) is 6.59. The molecule has 1 heterocycles. The topological polar surface area (TPSA) is 58.6 Å². The fourth-order valence-corrected chi connectivity index (χ4v) is 4.84. The number of carbonyl (C=O) groups is 1. The zero-order valence-corrected chi connectivity index (χ0v) is 19.8.